The number of aromatic nitrogens is 2. The number of benzene rings is 1. The number of para-hydroxylation sites is 1. The van der Waals surface area contributed by atoms with Crippen LogP contribution in [0.25, 0.3) is 10.2 Å². The average Bonchev–Trinajstić information content (AvgIpc) is 3.21. The van der Waals surface area contributed by atoms with Gasteiger partial charge >= 0.3 is 0 Å². The van der Waals surface area contributed by atoms with Crippen molar-refractivity contribution in [1.29, 1.82) is 0 Å². The van der Waals surface area contributed by atoms with Gasteiger partial charge in [-0.2, -0.15) is 0 Å². The van der Waals surface area contributed by atoms with Gasteiger partial charge < -0.3 is 4.98 Å². The Balaban J connectivity index is 1.43. The van der Waals surface area contributed by atoms with Crippen molar-refractivity contribution in [2.75, 3.05) is 12.1 Å². The van der Waals surface area contributed by atoms with E-state index in [4.69, 9.17) is 0 Å². The summed E-state index contributed by atoms with van der Waals surface area (Å²) in [6.45, 7) is 0. The van der Waals surface area contributed by atoms with Crippen molar-refractivity contribution in [3.63, 3.8) is 0 Å². The van der Waals surface area contributed by atoms with Gasteiger partial charge in [-0.25, -0.2) is 4.98 Å². The number of aromatic amines is 1. The summed E-state index contributed by atoms with van der Waals surface area (Å²) >= 11 is 1.62. The Morgan fingerprint density at radius 1 is 1.31 bits per heavy atom. The van der Waals surface area contributed by atoms with Crippen LogP contribution in [0.1, 0.15) is 29.1 Å². The fraction of sp³-hybridized carbons (Fsp3) is 0.316. The number of H-pyrrole nitrogens is 1. The number of hydrogen-bond donors (Lipinski definition) is 2. The number of carbonyl (C=O) groups excluding carboxylic acids is 1. The normalized spacial score (nSPS) is 13.0. The Morgan fingerprint density at radius 2 is 2.12 bits per heavy atom. The zero-order valence-electron chi connectivity index (χ0n) is 14.5. The molecule has 0 fully saturated rings. The molecule has 0 atom stereocenters. The summed E-state index contributed by atoms with van der Waals surface area (Å²) < 4.78 is 0. The number of amides is 1. The van der Waals surface area contributed by atoms with E-state index in [1.807, 2.05) is 30.3 Å². The summed E-state index contributed by atoms with van der Waals surface area (Å²) in [6.07, 6.45) is 3.79. The molecule has 2 N–H and O–H groups in total. The molecule has 7 heteroatoms. The van der Waals surface area contributed by atoms with Crippen molar-refractivity contribution in [2.45, 2.75) is 32.1 Å². The summed E-state index contributed by atoms with van der Waals surface area (Å²) in [5, 5.41) is 2.44. The van der Waals surface area contributed by atoms with Crippen LogP contribution in [0.15, 0.2) is 35.1 Å². The molecule has 1 aliphatic carbocycles. The highest BCUT2D eigenvalue weighted by Gasteiger charge is 2.21. The molecule has 134 valence electrons. The molecule has 0 saturated heterocycles. The van der Waals surface area contributed by atoms with Crippen molar-refractivity contribution >= 4 is 33.1 Å². The maximum Gasteiger partial charge on any atom is 0.259 e. The number of nitrogens with zero attached hydrogens (tertiary/aromatic N) is 2. The minimum atomic E-state index is -0.118. The maximum atomic E-state index is 12.4. The molecule has 3 aromatic rings. The molecule has 1 amide bonds. The van der Waals surface area contributed by atoms with Gasteiger partial charge in [0, 0.05) is 24.8 Å². The topological polar surface area (TPSA) is 78.1 Å². The Morgan fingerprint density at radius 3 is 2.92 bits per heavy atom. The van der Waals surface area contributed by atoms with Gasteiger partial charge in [-0.05, 0) is 37.0 Å². The van der Waals surface area contributed by atoms with Gasteiger partial charge in [0.05, 0.1) is 11.1 Å². The third kappa shape index (κ3) is 3.22. The molecule has 1 aromatic carbocycles. The van der Waals surface area contributed by atoms with Gasteiger partial charge in [-0.15, -0.1) is 11.3 Å². The van der Waals surface area contributed by atoms with Crippen LogP contribution in [0.2, 0.25) is 0 Å². The van der Waals surface area contributed by atoms with Gasteiger partial charge in [0.2, 0.25) is 5.91 Å². The van der Waals surface area contributed by atoms with E-state index in [0.29, 0.717) is 12.2 Å². The lowest BCUT2D eigenvalue weighted by Gasteiger charge is -2.20. The minimum Gasteiger partial charge on any atom is -0.310 e. The van der Waals surface area contributed by atoms with Crippen molar-refractivity contribution in [3.05, 3.63) is 57.0 Å². The zero-order chi connectivity index (χ0) is 18.1. The van der Waals surface area contributed by atoms with Crippen LogP contribution in [-0.2, 0) is 24.1 Å². The number of nitrogens with one attached hydrogen (secondary N) is 2. The third-order valence-electron chi connectivity index (χ3n) is 4.65. The second-order valence-electron chi connectivity index (χ2n) is 6.48. The van der Waals surface area contributed by atoms with E-state index in [2.05, 4.69) is 15.4 Å². The molecule has 0 bridgehead atoms. The molecular formula is C19H20N4O2S. The Labute approximate surface area is 154 Å². The monoisotopic (exact) mass is 368 g/mol. The molecule has 6 nitrogen and oxygen atoms in total. The van der Waals surface area contributed by atoms with Crippen LogP contribution >= 0.6 is 11.3 Å². The van der Waals surface area contributed by atoms with Gasteiger partial charge in [0.1, 0.15) is 10.7 Å². The lowest BCUT2D eigenvalue weighted by molar-refractivity contribution is -0.121. The van der Waals surface area contributed by atoms with Gasteiger partial charge in [-0.3, -0.25) is 20.0 Å². The number of rotatable bonds is 5. The maximum absolute atomic E-state index is 12.4. The first kappa shape index (κ1) is 16.8. The largest absolute Gasteiger partial charge is 0.310 e. The second-order valence-corrected chi connectivity index (χ2v) is 7.56. The predicted molar refractivity (Wildman–Crippen MR) is 104 cm³/mol. The van der Waals surface area contributed by atoms with Crippen LogP contribution in [-0.4, -0.2) is 22.9 Å². The van der Waals surface area contributed by atoms with Crippen LogP contribution in [0.3, 0.4) is 0 Å². The lowest BCUT2D eigenvalue weighted by atomic mass is 10.2. The molecule has 4 rings (SSSR count). The fourth-order valence-corrected chi connectivity index (χ4v) is 4.64. The third-order valence-corrected chi connectivity index (χ3v) is 5.83. The molecule has 26 heavy (non-hydrogen) atoms. The Kier molecular flexibility index (Phi) is 4.46. The summed E-state index contributed by atoms with van der Waals surface area (Å²) in [5.41, 5.74) is 4.83. The zero-order valence-corrected chi connectivity index (χ0v) is 15.4. The number of aryl methyl sites for hydroxylation is 3. The second kappa shape index (κ2) is 6.92. The number of hydrogen-bond acceptors (Lipinski definition) is 5. The van der Waals surface area contributed by atoms with E-state index >= 15 is 0 Å². The number of fused-ring (bicyclic) bond motifs is 3. The van der Waals surface area contributed by atoms with Crippen molar-refractivity contribution in [2.24, 2.45) is 0 Å². The van der Waals surface area contributed by atoms with Crippen molar-refractivity contribution in [3.8, 4) is 0 Å². The van der Waals surface area contributed by atoms with Crippen LogP contribution in [0, 0.1) is 0 Å². The highest BCUT2D eigenvalue weighted by molar-refractivity contribution is 7.18. The average molecular weight is 368 g/mol. The quantitative estimate of drug-likeness (QED) is 0.679. The van der Waals surface area contributed by atoms with Gasteiger partial charge in [0.25, 0.3) is 5.56 Å². The number of anilines is 1. The minimum absolute atomic E-state index is 0.0776. The number of thiophene rings is 1. The van der Waals surface area contributed by atoms with E-state index < -0.39 is 0 Å². The molecule has 0 unspecified atom stereocenters. The standard InChI is InChI=1S/C19H20N4O2S/c1-23(12-6-3-2-4-7-12)22-16(24)11-10-15-20-18(25)17-13-8-5-9-14(13)26-19(17)21-15/h2-4,6-7H,5,8-11H2,1H3,(H,22,24)(H,20,21,25). The van der Waals surface area contributed by atoms with Crippen LogP contribution in [0.5, 0.6) is 0 Å². The van der Waals surface area contributed by atoms with Crippen LogP contribution < -0.4 is 16.0 Å². The fourth-order valence-electron chi connectivity index (χ4n) is 3.36. The molecule has 2 aromatic heterocycles. The molecule has 0 spiro atoms. The smallest absolute Gasteiger partial charge is 0.259 e. The summed E-state index contributed by atoms with van der Waals surface area (Å²) in [6, 6.07) is 9.60. The van der Waals surface area contributed by atoms with Crippen molar-refractivity contribution in [1.82, 2.24) is 15.4 Å². The van der Waals surface area contributed by atoms with Crippen molar-refractivity contribution < 1.29 is 4.79 Å². The summed E-state index contributed by atoms with van der Waals surface area (Å²) in [5.74, 6) is 0.452. The SMILES string of the molecule is CN(NC(=O)CCc1nc2sc3c(c2c(=O)[nH]1)CCC3)c1ccccc1. The first-order valence-electron chi connectivity index (χ1n) is 8.73. The van der Waals surface area contributed by atoms with E-state index in [0.717, 1.165) is 35.2 Å². The Hall–Kier alpha value is -2.67. The molecular weight excluding hydrogens is 348 g/mol. The molecule has 2 heterocycles. The predicted octanol–water partition coefficient (Wildman–Crippen LogP) is 2.57. The molecule has 0 saturated carbocycles. The highest BCUT2D eigenvalue weighted by Crippen LogP contribution is 2.34. The highest BCUT2D eigenvalue weighted by atomic mass is 32.1. The summed E-state index contributed by atoms with van der Waals surface area (Å²) in [7, 11) is 1.80. The number of carbonyl (C=O) groups is 1. The van der Waals surface area contributed by atoms with E-state index in [9.17, 15) is 9.59 Å². The van der Waals surface area contributed by atoms with E-state index in [1.165, 1.54) is 10.4 Å². The lowest BCUT2D eigenvalue weighted by Crippen LogP contribution is -2.39. The van der Waals surface area contributed by atoms with Gasteiger partial charge in [-0.1, -0.05) is 18.2 Å². The molecule has 1 aliphatic rings. The summed E-state index contributed by atoms with van der Waals surface area (Å²) in [4.78, 5) is 34.1. The van der Waals surface area contributed by atoms with E-state index in [-0.39, 0.29) is 17.9 Å². The first-order chi connectivity index (χ1) is 12.6. The van der Waals surface area contributed by atoms with Crippen LogP contribution in [0.4, 0.5) is 5.69 Å². The number of hydrazine groups is 1. The van der Waals surface area contributed by atoms with E-state index in [1.54, 1.807) is 23.4 Å². The van der Waals surface area contributed by atoms with Gasteiger partial charge in [0.15, 0.2) is 0 Å². The molecule has 0 aliphatic heterocycles. The Bertz CT molecular complexity index is 1010. The molecule has 0 radical (unpaired) electrons. The first-order valence-corrected chi connectivity index (χ1v) is 9.55.